The monoisotopic (exact) mass is 273 g/mol. The second-order valence-corrected chi connectivity index (χ2v) is 5.97. The minimum Gasteiger partial charge on any atom is -0.313 e. The third kappa shape index (κ3) is 4.26. The quantitative estimate of drug-likeness (QED) is 0.733. The summed E-state index contributed by atoms with van der Waals surface area (Å²) in [6.45, 7) is 5.60. The summed E-state index contributed by atoms with van der Waals surface area (Å²) in [5.74, 6) is 1.15. The molecule has 2 rings (SSSR count). The van der Waals surface area contributed by atoms with Crippen molar-refractivity contribution in [1.29, 1.82) is 0 Å². The first kappa shape index (κ1) is 14.4. The Hall–Kier alpha value is -0.990. The zero-order valence-corrected chi connectivity index (χ0v) is 12.7. The van der Waals surface area contributed by atoms with Crippen LogP contribution in [0.3, 0.4) is 0 Å². The lowest BCUT2D eigenvalue weighted by Crippen LogP contribution is -2.31. The van der Waals surface area contributed by atoms with Crippen molar-refractivity contribution in [2.75, 3.05) is 12.3 Å². The van der Waals surface area contributed by atoms with E-state index in [9.17, 15) is 0 Å². The number of fused-ring (bicyclic) bond motifs is 1. The zero-order valence-electron chi connectivity index (χ0n) is 11.9. The smallest absolute Gasteiger partial charge is 0.0159 e. The van der Waals surface area contributed by atoms with Crippen LogP contribution in [0.15, 0.2) is 47.4 Å². The molecule has 1 atom stereocenters. The Labute approximate surface area is 120 Å². The molecule has 1 nitrogen and oxygen atoms in total. The highest BCUT2D eigenvalue weighted by atomic mass is 32.2. The van der Waals surface area contributed by atoms with Gasteiger partial charge < -0.3 is 5.32 Å². The first-order valence-electron chi connectivity index (χ1n) is 7.18. The highest BCUT2D eigenvalue weighted by Crippen LogP contribution is 2.24. The van der Waals surface area contributed by atoms with Gasteiger partial charge in [0.25, 0.3) is 0 Å². The Kier molecular flexibility index (Phi) is 5.74. The van der Waals surface area contributed by atoms with Crippen LogP contribution < -0.4 is 5.32 Å². The minimum absolute atomic E-state index is 0.622. The highest BCUT2D eigenvalue weighted by Gasteiger charge is 2.05. The topological polar surface area (TPSA) is 12.0 Å². The molecule has 0 aromatic heterocycles. The molecule has 0 saturated heterocycles. The average Bonchev–Trinajstić information content (AvgIpc) is 2.47. The number of thioether (sulfide) groups is 1. The van der Waals surface area contributed by atoms with E-state index in [1.807, 2.05) is 11.8 Å². The maximum absolute atomic E-state index is 3.61. The maximum Gasteiger partial charge on any atom is 0.0159 e. The van der Waals surface area contributed by atoms with Crippen molar-refractivity contribution in [3.63, 3.8) is 0 Å². The molecule has 0 heterocycles. The summed E-state index contributed by atoms with van der Waals surface area (Å²) in [7, 11) is 0. The van der Waals surface area contributed by atoms with Crippen molar-refractivity contribution < 1.29 is 0 Å². The van der Waals surface area contributed by atoms with Gasteiger partial charge in [-0.3, -0.25) is 0 Å². The van der Waals surface area contributed by atoms with Gasteiger partial charge in [0, 0.05) is 16.7 Å². The average molecular weight is 273 g/mol. The first-order chi connectivity index (χ1) is 9.33. The lowest BCUT2D eigenvalue weighted by Gasteiger charge is -2.16. The number of rotatable bonds is 7. The first-order valence-corrected chi connectivity index (χ1v) is 8.17. The number of hydrogen-bond acceptors (Lipinski definition) is 2. The second kappa shape index (κ2) is 7.56. The molecule has 0 amide bonds. The zero-order chi connectivity index (χ0) is 13.5. The molecule has 0 saturated carbocycles. The van der Waals surface area contributed by atoms with E-state index in [2.05, 4.69) is 61.6 Å². The Balaban J connectivity index is 1.96. The molecule has 0 aliphatic carbocycles. The molecule has 19 heavy (non-hydrogen) atoms. The van der Waals surface area contributed by atoms with Crippen molar-refractivity contribution in [2.24, 2.45) is 0 Å². The van der Waals surface area contributed by atoms with Crippen LogP contribution in [-0.4, -0.2) is 18.3 Å². The molecule has 0 fully saturated rings. The van der Waals surface area contributed by atoms with Gasteiger partial charge in [-0.25, -0.2) is 0 Å². The van der Waals surface area contributed by atoms with Gasteiger partial charge in [0.2, 0.25) is 0 Å². The third-order valence-electron chi connectivity index (χ3n) is 3.35. The van der Waals surface area contributed by atoms with Crippen molar-refractivity contribution in [1.82, 2.24) is 5.32 Å². The van der Waals surface area contributed by atoms with Crippen LogP contribution in [0, 0.1) is 0 Å². The van der Waals surface area contributed by atoms with E-state index in [1.54, 1.807) is 0 Å². The summed E-state index contributed by atoms with van der Waals surface area (Å²) in [5, 5.41) is 6.26. The van der Waals surface area contributed by atoms with Crippen molar-refractivity contribution >= 4 is 22.5 Å². The van der Waals surface area contributed by atoms with Crippen LogP contribution in [-0.2, 0) is 0 Å². The van der Waals surface area contributed by atoms with Crippen LogP contribution in [0.2, 0.25) is 0 Å². The van der Waals surface area contributed by atoms with Gasteiger partial charge >= 0.3 is 0 Å². The summed E-state index contributed by atoms with van der Waals surface area (Å²) >= 11 is 1.96. The second-order valence-electron chi connectivity index (χ2n) is 4.88. The molecule has 2 heteroatoms. The Morgan fingerprint density at radius 1 is 1.05 bits per heavy atom. The van der Waals surface area contributed by atoms with Gasteiger partial charge in [-0.2, -0.15) is 0 Å². The molecule has 0 radical (unpaired) electrons. The van der Waals surface area contributed by atoms with E-state index in [0.29, 0.717) is 6.04 Å². The number of nitrogens with one attached hydrogen (secondary N) is 1. The van der Waals surface area contributed by atoms with E-state index in [4.69, 9.17) is 0 Å². The predicted octanol–water partition coefficient (Wildman–Crippen LogP) is 4.71. The Bertz CT molecular complexity index is 509. The van der Waals surface area contributed by atoms with Gasteiger partial charge in [0.05, 0.1) is 0 Å². The van der Waals surface area contributed by atoms with Gasteiger partial charge in [0.15, 0.2) is 0 Å². The molecular formula is C17H23NS. The Morgan fingerprint density at radius 2 is 1.84 bits per heavy atom. The predicted molar refractivity (Wildman–Crippen MR) is 87.0 cm³/mol. The Morgan fingerprint density at radius 3 is 2.58 bits per heavy atom. The van der Waals surface area contributed by atoms with Crippen molar-refractivity contribution in [3.8, 4) is 0 Å². The third-order valence-corrected chi connectivity index (χ3v) is 4.50. The van der Waals surface area contributed by atoms with E-state index < -0.39 is 0 Å². The molecule has 102 valence electrons. The summed E-state index contributed by atoms with van der Waals surface area (Å²) in [5.41, 5.74) is 0. The molecule has 2 aromatic rings. The van der Waals surface area contributed by atoms with E-state index in [-0.39, 0.29) is 0 Å². The largest absolute Gasteiger partial charge is 0.313 e. The standard InChI is InChI=1S/C17H23NS/c1-3-11-18-16(4-2)13-19-17-10-9-14-7-5-6-8-15(14)12-17/h5-10,12,16,18H,3-4,11,13H2,1-2H3. The summed E-state index contributed by atoms with van der Waals surface area (Å²) in [4.78, 5) is 1.37. The summed E-state index contributed by atoms with van der Waals surface area (Å²) in [6, 6.07) is 15.9. The van der Waals surface area contributed by atoms with Gasteiger partial charge in [-0.1, -0.05) is 44.2 Å². The van der Waals surface area contributed by atoms with E-state index in [1.165, 1.54) is 28.5 Å². The molecule has 0 aliphatic rings. The minimum atomic E-state index is 0.622. The maximum atomic E-state index is 3.61. The number of benzene rings is 2. The van der Waals surface area contributed by atoms with Crippen LogP contribution in [0.1, 0.15) is 26.7 Å². The number of hydrogen-bond donors (Lipinski definition) is 1. The molecule has 2 aromatic carbocycles. The highest BCUT2D eigenvalue weighted by molar-refractivity contribution is 7.99. The van der Waals surface area contributed by atoms with E-state index >= 15 is 0 Å². The molecule has 1 N–H and O–H groups in total. The van der Waals surface area contributed by atoms with Gasteiger partial charge in [-0.15, -0.1) is 11.8 Å². The SMILES string of the molecule is CCCNC(CC)CSc1ccc2ccccc2c1. The summed E-state index contributed by atoms with van der Waals surface area (Å²) < 4.78 is 0. The van der Waals surface area contributed by atoms with Crippen LogP contribution in [0.5, 0.6) is 0 Å². The fraction of sp³-hybridized carbons (Fsp3) is 0.412. The fourth-order valence-corrected chi connectivity index (χ4v) is 3.25. The van der Waals surface area contributed by atoms with Crippen LogP contribution >= 0.6 is 11.8 Å². The lowest BCUT2D eigenvalue weighted by molar-refractivity contribution is 0.539. The van der Waals surface area contributed by atoms with Crippen molar-refractivity contribution in [2.45, 2.75) is 37.6 Å². The van der Waals surface area contributed by atoms with Crippen LogP contribution in [0.25, 0.3) is 10.8 Å². The lowest BCUT2D eigenvalue weighted by atomic mass is 10.1. The molecule has 1 unspecified atom stereocenters. The van der Waals surface area contributed by atoms with Crippen molar-refractivity contribution in [3.05, 3.63) is 42.5 Å². The molecule has 0 bridgehead atoms. The summed E-state index contributed by atoms with van der Waals surface area (Å²) in [6.07, 6.45) is 2.40. The molecule has 0 aliphatic heterocycles. The van der Waals surface area contributed by atoms with Gasteiger partial charge in [-0.05, 0) is 42.3 Å². The fourth-order valence-electron chi connectivity index (χ4n) is 2.12. The van der Waals surface area contributed by atoms with E-state index in [0.717, 1.165) is 12.3 Å². The van der Waals surface area contributed by atoms with Crippen LogP contribution in [0.4, 0.5) is 0 Å². The van der Waals surface area contributed by atoms with Gasteiger partial charge in [0.1, 0.15) is 0 Å². The normalized spacial score (nSPS) is 12.7. The molecule has 0 spiro atoms. The molecular weight excluding hydrogens is 250 g/mol.